The Morgan fingerprint density at radius 2 is 2.05 bits per heavy atom. The van der Waals surface area contributed by atoms with Crippen LogP contribution < -0.4 is 0 Å². The molecule has 0 saturated carbocycles. The normalized spacial score (nSPS) is 16.7. The van der Waals surface area contributed by atoms with Crippen molar-refractivity contribution in [1.82, 2.24) is 14.5 Å². The van der Waals surface area contributed by atoms with Gasteiger partial charge in [0, 0.05) is 30.7 Å². The number of aryl methyl sites for hydroxylation is 1. The molecule has 0 aliphatic carbocycles. The Balaban J connectivity index is 1.70. The molecule has 1 saturated heterocycles. The van der Waals surface area contributed by atoms with Gasteiger partial charge < -0.3 is 9.30 Å². The van der Waals surface area contributed by atoms with Crippen molar-refractivity contribution in [1.29, 1.82) is 0 Å². The fraction of sp³-hybridized carbons (Fsp3) is 0.533. The molecular formula is C15H19BrClN3O. The predicted molar refractivity (Wildman–Crippen MR) is 88.9 cm³/mol. The predicted octanol–water partition coefficient (Wildman–Crippen LogP) is 3.26. The zero-order chi connectivity index (χ0) is 14.7. The number of halogens is 2. The summed E-state index contributed by atoms with van der Waals surface area (Å²) in [7, 11) is 0. The number of hydrogen-bond donors (Lipinski definition) is 0. The van der Waals surface area contributed by atoms with Crippen LogP contribution in [0.4, 0.5) is 0 Å². The van der Waals surface area contributed by atoms with Crippen molar-refractivity contribution in [2.45, 2.75) is 18.8 Å². The summed E-state index contributed by atoms with van der Waals surface area (Å²) >= 11 is 9.54. The molecule has 0 atom stereocenters. The standard InChI is InChI=1S/C15H19BrClN3O/c16-12-2-3-14-13(10-12)18-15(11-17)20(14)5-1-4-19-6-8-21-9-7-19/h2-3,10H,1,4-9,11H2. The lowest BCUT2D eigenvalue weighted by Crippen LogP contribution is -2.37. The molecule has 2 aromatic rings. The lowest BCUT2D eigenvalue weighted by atomic mass is 10.3. The van der Waals surface area contributed by atoms with Crippen molar-refractivity contribution in [3.05, 3.63) is 28.5 Å². The maximum atomic E-state index is 6.05. The number of rotatable bonds is 5. The third kappa shape index (κ3) is 3.59. The lowest BCUT2D eigenvalue weighted by molar-refractivity contribution is 0.0369. The summed E-state index contributed by atoms with van der Waals surface area (Å²) in [6.07, 6.45) is 1.10. The monoisotopic (exact) mass is 371 g/mol. The second-order valence-electron chi connectivity index (χ2n) is 5.25. The fourth-order valence-electron chi connectivity index (χ4n) is 2.78. The molecule has 3 rings (SSSR count). The second kappa shape index (κ2) is 7.09. The highest BCUT2D eigenvalue weighted by Crippen LogP contribution is 2.22. The van der Waals surface area contributed by atoms with Gasteiger partial charge in [0.05, 0.1) is 30.1 Å². The molecule has 1 aliphatic rings. The van der Waals surface area contributed by atoms with Gasteiger partial charge in [-0.15, -0.1) is 11.6 Å². The van der Waals surface area contributed by atoms with Gasteiger partial charge in [-0.05, 0) is 24.6 Å². The molecular weight excluding hydrogens is 354 g/mol. The Morgan fingerprint density at radius 3 is 2.81 bits per heavy atom. The molecule has 21 heavy (non-hydrogen) atoms. The van der Waals surface area contributed by atoms with E-state index in [4.69, 9.17) is 16.3 Å². The quantitative estimate of drug-likeness (QED) is 0.755. The summed E-state index contributed by atoms with van der Waals surface area (Å²) in [5.74, 6) is 1.40. The average Bonchev–Trinajstić information content (AvgIpc) is 2.85. The summed E-state index contributed by atoms with van der Waals surface area (Å²) in [4.78, 5) is 7.08. The molecule has 0 N–H and O–H groups in total. The van der Waals surface area contributed by atoms with Crippen LogP contribution in [0.1, 0.15) is 12.2 Å². The summed E-state index contributed by atoms with van der Waals surface area (Å²) in [6.45, 7) is 5.85. The van der Waals surface area contributed by atoms with E-state index in [0.717, 1.165) is 67.1 Å². The van der Waals surface area contributed by atoms with Crippen LogP contribution in [-0.2, 0) is 17.2 Å². The fourth-order valence-corrected chi connectivity index (χ4v) is 3.33. The van der Waals surface area contributed by atoms with Crippen LogP contribution in [-0.4, -0.2) is 47.3 Å². The van der Waals surface area contributed by atoms with Gasteiger partial charge in [-0.1, -0.05) is 15.9 Å². The van der Waals surface area contributed by atoms with Crippen molar-refractivity contribution in [3.63, 3.8) is 0 Å². The van der Waals surface area contributed by atoms with E-state index in [1.807, 2.05) is 6.07 Å². The molecule has 4 nitrogen and oxygen atoms in total. The molecule has 0 unspecified atom stereocenters. The zero-order valence-corrected chi connectivity index (χ0v) is 14.2. The molecule has 1 aliphatic heterocycles. The van der Waals surface area contributed by atoms with Crippen LogP contribution in [0.3, 0.4) is 0 Å². The van der Waals surface area contributed by atoms with Crippen LogP contribution >= 0.6 is 27.5 Å². The zero-order valence-electron chi connectivity index (χ0n) is 11.9. The van der Waals surface area contributed by atoms with Gasteiger partial charge in [0.2, 0.25) is 0 Å². The van der Waals surface area contributed by atoms with Crippen molar-refractivity contribution < 1.29 is 4.74 Å². The van der Waals surface area contributed by atoms with Crippen molar-refractivity contribution in [2.75, 3.05) is 32.8 Å². The Morgan fingerprint density at radius 1 is 1.24 bits per heavy atom. The van der Waals surface area contributed by atoms with E-state index < -0.39 is 0 Å². The highest BCUT2D eigenvalue weighted by Gasteiger charge is 2.12. The Labute approximate surface area is 138 Å². The highest BCUT2D eigenvalue weighted by molar-refractivity contribution is 9.10. The van der Waals surface area contributed by atoms with Gasteiger partial charge in [-0.2, -0.15) is 0 Å². The second-order valence-corrected chi connectivity index (χ2v) is 6.44. The van der Waals surface area contributed by atoms with Gasteiger partial charge in [-0.3, -0.25) is 4.90 Å². The smallest absolute Gasteiger partial charge is 0.124 e. The number of hydrogen-bond acceptors (Lipinski definition) is 3. The number of alkyl halides is 1. The first-order chi connectivity index (χ1) is 10.3. The summed E-state index contributed by atoms with van der Waals surface area (Å²) in [5.41, 5.74) is 2.17. The molecule has 1 aromatic carbocycles. The number of morpholine rings is 1. The molecule has 0 bridgehead atoms. The van der Waals surface area contributed by atoms with E-state index >= 15 is 0 Å². The van der Waals surface area contributed by atoms with Crippen LogP contribution in [0.2, 0.25) is 0 Å². The first kappa shape index (κ1) is 15.3. The maximum absolute atomic E-state index is 6.05. The third-order valence-corrected chi connectivity index (χ3v) is 4.60. The number of fused-ring (bicyclic) bond motifs is 1. The summed E-state index contributed by atoms with van der Waals surface area (Å²) in [5, 5.41) is 0. The van der Waals surface area contributed by atoms with E-state index in [9.17, 15) is 0 Å². The van der Waals surface area contributed by atoms with Crippen LogP contribution in [0, 0.1) is 0 Å². The Hall–Kier alpha value is -0.620. The van der Waals surface area contributed by atoms with Crippen LogP contribution in [0.25, 0.3) is 11.0 Å². The number of aromatic nitrogens is 2. The molecule has 0 amide bonds. The van der Waals surface area contributed by atoms with Gasteiger partial charge in [0.1, 0.15) is 5.82 Å². The van der Waals surface area contributed by atoms with E-state index in [2.05, 4.69) is 42.5 Å². The third-order valence-electron chi connectivity index (χ3n) is 3.87. The first-order valence-electron chi connectivity index (χ1n) is 7.28. The van der Waals surface area contributed by atoms with Crippen LogP contribution in [0.5, 0.6) is 0 Å². The summed E-state index contributed by atoms with van der Waals surface area (Å²) in [6, 6.07) is 6.21. The average molecular weight is 373 g/mol. The van der Waals surface area contributed by atoms with E-state index in [1.165, 1.54) is 0 Å². The number of benzene rings is 1. The molecule has 6 heteroatoms. The van der Waals surface area contributed by atoms with Gasteiger partial charge >= 0.3 is 0 Å². The van der Waals surface area contributed by atoms with Crippen LogP contribution in [0.15, 0.2) is 22.7 Å². The van der Waals surface area contributed by atoms with Crippen molar-refractivity contribution >= 4 is 38.6 Å². The van der Waals surface area contributed by atoms with Crippen molar-refractivity contribution in [3.8, 4) is 0 Å². The summed E-state index contributed by atoms with van der Waals surface area (Å²) < 4.78 is 8.67. The largest absolute Gasteiger partial charge is 0.379 e. The molecule has 2 heterocycles. The van der Waals surface area contributed by atoms with E-state index in [1.54, 1.807) is 0 Å². The maximum Gasteiger partial charge on any atom is 0.124 e. The minimum atomic E-state index is 0.448. The SMILES string of the molecule is ClCc1nc2cc(Br)ccc2n1CCCN1CCOCC1. The molecule has 0 spiro atoms. The number of imidazole rings is 1. The lowest BCUT2D eigenvalue weighted by Gasteiger charge is -2.26. The molecule has 0 radical (unpaired) electrons. The molecule has 114 valence electrons. The van der Waals surface area contributed by atoms with Gasteiger partial charge in [0.15, 0.2) is 0 Å². The minimum absolute atomic E-state index is 0.448. The topological polar surface area (TPSA) is 30.3 Å². The molecule has 1 fully saturated rings. The highest BCUT2D eigenvalue weighted by atomic mass is 79.9. The van der Waals surface area contributed by atoms with Crippen molar-refractivity contribution in [2.24, 2.45) is 0 Å². The minimum Gasteiger partial charge on any atom is -0.379 e. The van der Waals surface area contributed by atoms with E-state index in [0.29, 0.717) is 5.88 Å². The number of nitrogens with zero attached hydrogens (tertiary/aromatic N) is 3. The Kier molecular flexibility index (Phi) is 5.16. The van der Waals surface area contributed by atoms with Gasteiger partial charge in [-0.25, -0.2) is 4.98 Å². The number of ether oxygens (including phenoxy) is 1. The van der Waals surface area contributed by atoms with Gasteiger partial charge in [0.25, 0.3) is 0 Å². The Bertz CT molecular complexity index is 610. The first-order valence-corrected chi connectivity index (χ1v) is 8.61. The molecule has 1 aromatic heterocycles. The van der Waals surface area contributed by atoms with E-state index in [-0.39, 0.29) is 0 Å².